The van der Waals surface area contributed by atoms with Crippen molar-refractivity contribution in [3.63, 3.8) is 0 Å². The number of anilines is 3. The smallest absolute Gasteiger partial charge is 0.338 e. The van der Waals surface area contributed by atoms with Gasteiger partial charge in [-0.05, 0) is 118 Å². The lowest BCUT2D eigenvalue weighted by Crippen LogP contribution is -2.39. The van der Waals surface area contributed by atoms with Crippen LogP contribution >= 0.6 is 0 Å². The third kappa shape index (κ3) is 11.7. The molecular weight excluding hydrogens is 1020 g/mol. The van der Waals surface area contributed by atoms with E-state index < -0.39 is 28.7 Å². The van der Waals surface area contributed by atoms with Crippen LogP contribution < -0.4 is 49.0 Å². The van der Waals surface area contributed by atoms with Gasteiger partial charge in [-0.3, -0.25) is 24.3 Å². The number of aromatic hydroxyl groups is 2. The van der Waals surface area contributed by atoms with Crippen LogP contribution in [0.3, 0.4) is 0 Å². The van der Waals surface area contributed by atoms with Gasteiger partial charge in [0.05, 0.1) is 66.4 Å². The van der Waals surface area contributed by atoms with Gasteiger partial charge in [-0.1, -0.05) is 36.4 Å². The minimum atomic E-state index is -0.993. The van der Waals surface area contributed by atoms with Gasteiger partial charge in [-0.25, -0.2) is 4.79 Å². The number of nitrogens with zero attached hydrogens (tertiary/aromatic N) is 4. The first kappa shape index (κ1) is 54.6. The summed E-state index contributed by atoms with van der Waals surface area (Å²) in [5.74, 6) is 0.222. The highest BCUT2D eigenvalue weighted by Gasteiger charge is 2.39. The van der Waals surface area contributed by atoms with Crippen molar-refractivity contribution in [3.8, 4) is 40.5 Å². The van der Waals surface area contributed by atoms with Gasteiger partial charge in [-0.2, -0.15) is 0 Å². The van der Waals surface area contributed by atoms with E-state index in [1.807, 2.05) is 85.6 Å². The van der Waals surface area contributed by atoms with E-state index in [1.165, 1.54) is 19.2 Å². The molecule has 4 aliphatic rings. The lowest BCUT2D eigenvalue weighted by Gasteiger charge is -2.28. The lowest BCUT2D eigenvalue weighted by atomic mass is 9.90. The fourth-order valence-corrected chi connectivity index (χ4v) is 10.4. The molecule has 1 aromatic heterocycles. The lowest BCUT2D eigenvalue weighted by molar-refractivity contribution is -0.157. The number of methoxy groups -OCH3 is 2. The van der Waals surface area contributed by atoms with Crippen LogP contribution in [0.1, 0.15) is 96.3 Å². The molecule has 0 aliphatic carbocycles. The number of aromatic nitrogens is 1. The van der Waals surface area contributed by atoms with Gasteiger partial charge in [0.1, 0.15) is 19.0 Å². The first-order valence-electron chi connectivity index (χ1n) is 26.8. The van der Waals surface area contributed by atoms with Gasteiger partial charge in [0.2, 0.25) is 17.7 Å². The maximum absolute atomic E-state index is 14.1. The van der Waals surface area contributed by atoms with Gasteiger partial charge >= 0.3 is 5.97 Å². The minimum absolute atomic E-state index is 0.0412. The van der Waals surface area contributed by atoms with Gasteiger partial charge in [-0.15, -0.1) is 4.73 Å². The van der Waals surface area contributed by atoms with Crippen molar-refractivity contribution in [1.82, 2.24) is 10.0 Å². The van der Waals surface area contributed by atoms with Crippen LogP contribution in [0.25, 0.3) is 0 Å². The Kier molecular flexibility index (Phi) is 15.7. The highest BCUT2D eigenvalue weighted by Crippen LogP contribution is 2.43. The molecule has 418 valence electrons. The third-order valence-electron chi connectivity index (χ3n) is 14.9. The van der Waals surface area contributed by atoms with E-state index >= 15 is 0 Å². The zero-order chi connectivity index (χ0) is 56.3. The van der Waals surface area contributed by atoms with Crippen LogP contribution in [-0.4, -0.2) is 103 Å². The molecular formula is C61H66N6O13. The van der Waals surface area contributed by atoms with E-state index in [1.54, 1.807) is 50.1 Å². The molecule has 3 amide bonds. The molecule has 2 atom stereocenters. The number of nitrogens with one attached hydrogen (secondary N) is 2. The van der Waals surface area contributed by atoms with Crippen LogP contribution in [0.4, 0.5) is 22.7 Å². The number of aliphatic imine (C=N–C) groups is 1. The second-order valence-corrected chi connectivity index (χ2v) is 21.5. The van der Waals surface area contributed by atoms with Crippen molar-refractivity contribution in [3.05, 3.63) is 137 Å². The number of para-hydroxylation sites is 2. The topological polar surface area (TPSA) is 221 Å². The van der Waals surface area contributed by atoms with E-state index in [2.05, 4.69) is 16.7 Å². The summed E-state index contributed by atoms with van der Waals surface area (Å²) in [5.41, 5.74) is 5.87. The second-order valence-electron chi connectivity index (χ2n) is 21.5. The molecule has 0 bridgehead atoms. The minimum Gasteiger partial charge on any atom is -0.494 e. The molecule has 80 heavy (non-hydrogen) atoms. The predicted molar refractivity (Wildman–Crippen MR) is 299 cm³/mol. The van der Waals surface area contributed by atoms with Gasteiger partial charge in [0, 0.05) is 74.4 Å². The molecule has 5 heterocycles. The number of benzene rings is 5. The van der Waals surface area contributed by atoms with Gasteiger partial charge in [0.25, 0.3) is 11.8 Å². The molecule has 0 spiro atoms. The standard InChI is InChI=1S/C61H66N6O13/c1-60(2,59(73)80-67-55(69)17-18-56(67)70)20-23-79-61(3,4)19-21-62-54(68)16-11-22-76-43-25-37(35-77-52-31-46-44(29-50(52)74-5)57(71)65-41(33-63-46)27-39-12-7-9-14-48(39)65)24-38(26-43)36-78-53-32-47-45(30-51(53)75-6)58(72)66-42(34-64-47)28-40-13-8-10-15-49(40)66/h7-10,12-15,17-18,24-26,29-33,41-42,64,69-70H,11,16,19-23,27-28,34-36H2,1-6H3,(H,62,68). The molecule has 0 saturated heterocycles. The number of ether oxygens (including phenoxy) is 6. The van der Waals surface area contributed by atoms with Gasteiger partial charge < -0.3 is 59.0 Å². The molecule has 4 N–H and O–H groups in total. The molecule has 19 nitrogen and oxygen atoms in total. The Morgan fingerprint density at radius 3 is 2.02 bits per heavy atom. The molecule has 2 unspecified atom stereocenters. The highest BCUT2D eigenvalue weighted by molar-refractivity contribution is 6.15. The fraction of sp³-hybridized carbons (Fsp3) is 0.361. The van der Waals surface area contributed by atoms with Crippen molar-refractivity contribution in [2.45, 2.75) is 97.1 Å². The molecule has 0 fully saturated rings. The highest BCUT2D eigenvalue weighted by atomic mass is 16.7. The van der Waals surface area contributed by atoms with E-state index in [9.17, 15) is 29.4 Å². The average Bonchev–Trinajstić information content (AvgIpc) is 4.14. The molecule has 19 heteroatoms. The Bertz CT molecular complexity index is 3350. The second kappa shape index (κ2) is 22.9. The van der Waals surface area contributed by atoms with Crippen LogP contribution in [-0.2, 0) is 40.4 Å². The number of hydrogen-bond donors (Lipinski definition) is 4. The molecule has 10 rings (SSSR count). The van der Waals surface area contributed by atoms with Crippen molar-refractivity contribution in [2.24, 2.45) is 10.4 Å². The first-order valence-corrected chi connectivity index (χ1v) is 26.8. The summed E-state index contributed by atoms with van der Waals surface area (Å²) in [5, 5.41) is 26.2. The summed E-state index contributed by atoms with van der Waals surface area (Å²) < 4.78 is 37.6. The normalized spacial score (nSPS) is 16.0. The van der Waals surface area contributed by atoms with E-state index in [-0.39, 0.29) is 62.7 Å². The predicted octanol–water partition coefficient (Wildman–Crippen LogP) is 8.89. The van der Waals surface area contributed by atoms with Crippen LogP contribution in [0, 0.1) is 5.41 Å². The van der Waals surface area contributed by atoms with Crippen molar-refractivity contribution in [2.75, 3.05) is 55.6 Å². The van der Waals surface area contributed by atoms with E-state index in [0.29, 0.717) is 94.8 Å². The van der Waals surface area contributed by atoms with Crippen LogP contribution in [0.15, 0.2) is 108 Å². The molecule has 6 aromatic rings. The summed E-state index contributed by atoms with van der Waals surface area (Å²) in [4.78, 5) is 67.7. The Balaban J connectivity index is 0.787. The molecule has 0 saturated carbocycles. The summed E-state index contributed by atoms with van der Waals surface area (Å²) in [6, 6.07) is 30.6. The van der Waals surface area contributed by atoms with Crippen LogP contribution in [0.2, 0.25) is 0 Å². The quantitative estimate of drug-likeness (QED) is 0.0467. The summed E-state index contributed by atoms with van der Waals surface area (Å²) in [6.07, 6.45) is 4.65. The summed E-state index contributed by atoms with van der Waals surface area (Å²) in [6.45, 7) is 8.70. The van der Waals surface area contributed by atoms with Crippen molar-refractivity contribution >= 4 is 52.7 Å². The number of carbonyl (C=O) groups excluding carboxylic acids is 4. The van der Waals surface area contributed by atoms with E-state index in [4.69, 9.17) is 38.3 Å². The first-order chi connectivity index (χ1) is 38.5. The number of carbonyl (C=O) groups is 4. The fourth-order valence-electron chi connectivity index (χ4n) is 10.4. The summed E-state index contributed by atoms with van der Waals surface area (Å²) in [7, 11) is 3.07. The maximum atomic E-state index is 14.1. The number of rotatable bonds is 22. The van der Waals surface area contributed by atoms with Crippen LogP contribution in [0.5, 0.6) is 40.5 Å². The molecule has 5 aromatic carbocycles. The zero-order valence-corrected chi connectivity index (χ0v) is 45.7. The number of hydrogen-bond acceptors (Lipinski definition) is 15. The zero-order valence-electron chi connectivity index (χ0n) is 45.7. The van der Waals surface area contributed by atoms with Gasteiger partial charge in [0.15, 0.2) is 23.0 Å². The molecule has 4 aliphatic heterocycles. The SMILES string of the molecule is COc1cc2c(cc1OCc1cc(COc3cc4c(cc3OC)C(=O)N3c5ccccc5CC3CN4)cc(OCCCC(=O)NCCC(C)(C)OCCC(C)(C)C(=O)On3c(O)ccc3O)c1)N=CC1Cc3ccccc3N1C2=O. The third-order valence-corrected chi connectivity index (χ3v) is 14.9. The average molecular weight is 1090 g/mol. The largest absolute Gasteiger partial charge is 0.494 e. The number of amides is 3. The van der Waals surface area contributed by atoms with Crippen molar-refractivity contribution in [1.29, 1.82) is 0 Å². The number of fused-ring (bicyclic) bond motifs is 8. The molecule has 0 radical (unpaired) electrons. The Hall–Kier alpha value is -8.71. The Labute approximate surface area is 463 Å². The summed E-state index contributed by atoms with van der Waals surface area (Å²) >= 11 is 0. The maximum Gasteiger partial charge on any atom is 0.338 e. The monoisotopic (exact) mass is 1090 g/mol. The van der Waals surface area contributed by atoms with E-state index in [0.717, 1.165) is 40.0 Å². The van der Waals surface area contributed by atoms with Crippen molar-refractivity contribution < 1.29 is 62.6 Å². The Morgan fingerprint density at radius 2 is 1.34 bits per heavy atom. The Morgan fingerprint density at radius 1 is 0.713 bits per heavy atom.